The van der Waals surface area contributed by atoms with E-state index in [1.54, 1.807) is 6.07 Å². The molecular formula is C11H5FN2. The third kappa shape index (κ3) is 2.34. The van der Waals surface area contributed by atoms with Crippen LogP contribution in [0.4, 0.5) is 4.39 Å². The normalized spacial score (nSPS) is 7.93. The second-order valence-corrected chi connectivity index (χ2v) is 2.50. The molecule has 66 valence electrons. The van der Waals surface area contributed by atoms with Gasteiger partial charge in [-0.05, 0) is 18.2 Å². The molecule has 0 aliphatic carbocycles. The average Bonchev–Trinajstić information content (AvgIpc) is 2.19. The van der Waals surface area contributed by atoms with Crippen LogP contribution < -0.4 is 0 Å². The van der Waals surface area contributed by atoms with Crippen molar-refractivity contribution in [2.24, 2.45) is 0 Å². The molecule has 1 aromatic carbocycles. The summed E-state index contributed by atoms with van der Waals surface area (Å²) in [6.45, 7) is 0. The van der Waals surface area contributed by atoms with E-state index in [1.165, 1.54) is 18.2 Å². The van der Waals surface area contributed by atoms with Crippen LogP contribution >= 0.6 is 0 Å². The van der Waals surface area contributed by atoms with Crippen molar-refractivity contribution in [3.63, 3.8) is 0 Å². The molecule has 0 amide bonds. The molecule has 0 N–H and O–H groups in total. The Morgan fingerprint density at radius 1 is 1.29 bits per heavy atom. The second kappa shape index (κ2) is 4.65. The molecule has 1 rings (SSSR count). The van der Waals surface area contributed by atoms with Crippen LogP contribution in [-0.2, 0) is 6.42 Å². The highest BCUT2D eigenvalue weighted by Gasteiger charge is 2.01. The van der Waals surface area contributed by atoms with Crippen LogP contribution in [0.25, 0.3) is 0 Å². The molecule has 0 aliphatic rings. The molecule has 0 aliphatic heterocycles. The van der Waals surface area contributed by atoms with Gasteiger partial charge in [-0.3, -0.25) is 0 Å². The molecule has 0 atom stereocenters. The Bertz CT molecular complexity index is 481. The molecule has 0 bridgehead atoms. The van der Waals surface area contributed by atoms with Gasteiger partial charge in [-0.25, -0.2) is 4.39 Å². The van der Waals surface area contributed by atoms with E-state index in [-0.39, 0.29) is 6.42 Å². The molecule has 3 heteroatoms. The van der Waals surface area contributed by atoms with E-state index in [1.807, 2.05) is 6.07 Å². The van der Waals surface area contributed by atoms with E-state index in [0.29, 0.717) is 11.1 Å². The largest absolute Gasteiger partial charge is 0.207 e. The summed E-state index contributed by atoms with van der Waals surface area (Å²) >= 11 is 0. The smallest absolute Gasteiger partial charge is 0.152 e. The number of nitriles is 2. The monoisotopic (exact) mass is 184 g/mol. The molecule has 0 radical (unpaired) electrons. The summed E-state index contributed by atoms with van der Waals surface area (Å²) in [7, 11) is 0. The van der Waals surface area contributed by atoms with Crippen LogP contribution in [0, 0.1) is 40.3 Å². The summed E-state index contributed by atoms with van der Waals surface area (Å²) in [5.41, 5.74) is 0.843. The lowest BCUT2D eigenvalue weighted by Gasteiger charge is -1.97. The molecule has 0 fully saturated rings. The van der Waals surface area contributed by atoms with E-state index in [2.05, 4.69) is 11.8 Å². The van der Waals surface area contributed by atoms with Crippen LogP contribution in [0.5, 0.6) is 0 Å². The predicted octanol–water partition coefficient (Wildman–Crippen LogP) is 1.77. The van der Waals surface area contributed by atoms with Gasteiger partial charge in [0.2, 0.25) is 0 Å². The highest BCUT2D eigenvalue weighted by Crippen LogP contribution is 2.10. The zero-order valence-corrected chi connectivity index (χ0v) is 7.21. The maximum Gasteiger partial charge on any atom is 0.152 e. The van der Waals surface area contributed by atoms with Crippen molar-refractivity contribution in [3.05, 3.63) is 35.1 Å². The van der Waals surface area contributed by atoms with Crippen molar-refractivity contribution >= 4 is 0 Å². The van der Waals surface area contributed by atoms with Crippen molar-refractivity contribution in [1.29, 1.82) is 10.5 Å². The van der Waals surface area contributed by atoms with Gasteiger partial charge in [0.25, 0.3) is 0 Å². The van der Waals surface area contributed by atoms with Gasteiger partial charge >= 0.3 is 0 Å². The molecule has 2 nitrogen and oxygen atoms in total. The fraction of sp³-hybridized carbons (Fsp3) is 0.0909. The van der Waals surface area contributed by atoms with Gasteiger partial charge in [-0.15, -0.1) is 0 Å². The van der Waals surface area contributed by atoms with Gasteiger partial charge in [-0.2, -0.15) is 10.5 Å². The van der Waals surface area contributed by atoms with Crippen LogP contribution in [0.15, 0.2) is 18.2 Å². The zero-order chi connectivity index (χ0) is 10.4. The number of rotatable bonds is 1. The van der Waals surface area contributed by atoms with E-state index in [4.69, 9.17) is 10.5 Å². The minimum atomic E-state index is -0.422. The molecule has 0 unspecified atom stereocenters. The van der Waals surface area contributed by atoms with Gasteiger partial charge in [0, 0.05) is 17.0 Å². The molecular weight excluding hydrogens is 179 g/mol. The summed E-state index contributed by atoms with van der Waals surface area (Å²) in [6, 6.07) is 7.71. The van der Waals surface area contributed by atoms with Gasteiger partial charge in [0.1, 0.15) is 5.82 Å². The first-order valence-electron chi connectivity index (χ1n) is 3.83. The highest BCUT2D eigenvalue weighted by atomic mass is 19.1. The van der Waals surface area contributed by atoms with E-state index < -0.39 is 5.82 Å². The molecule has 0 heterocycles. The Hall–Kier alpha value is -2.31. The van der Waals surface area contributed by atoms with Crippen LogP contribution in [0.3, 0.4) is 0 Å². The lowest BCUT2D eigenvalue weighted by Crippen LogP contribution is -1.89. The van der Waals surface area contributed by atoms with Crippen LogP contribution in [0.2, 0.25) is 0 Å². The Morgan fingerprint density at radius 3 is 2.71 bits per heavy atom. The molecule has 0 saturated carbocycles. The molecule has 0 spiro atoms. The predicted molar refractivity (Wildman–Crippen MR) is 48.2 cm³/mol. The minimum Gasteiger partial charge on any atom is -0.207 e. The zero-order valence-electron chi connectivity index (χ0n) is 7.21. The maximum atomic E-state index is 13.0. The van der Waals surface area contributed by atoms with E-state index >= 15 is 0 Å². The van der Waals surface area contributed by atoms with Gasteiger partial charge in [0.15, 0.2) is 6.07 Å². The first-order valence-corrected chi connectivity index (χ1v) is 3.83. The Kier molecular flexibility index (Phi) is 3.25. The number of hydrogen-bond acceptors (Lipinski definition) is 2. The first-order chi connectivity index (χ1) is 6.77. The van der Waals surface area contributed by atoms with Crippen molar-refractivity contribution < 1.29 is 4.39 Å². The van der Waals surface area contributed by atoms with Gasteiger partial charge in [-0.1, -0.05) is 5.92 Å². The summed E-state index contributed by atoms with van der Waals surface area (Å²) in [5.74, 6) is 4.31. The fourth-order valence-electron chi connectivity index (χ4n) is 0.973. The quantitative estimate of drug-likeness (QED) is 0.624. The summed E-state index contributed by atoms with van der Waals surface area (Å²) in [5, 5.41) is 16.6. The summed E-state index contributed by atoms with van der Waals surface area (Å²) in [6.07, 6.45) is 0.00784. The number of hydrogen-bond donors (Lipinski definition) is 0. The van der Waals surface area contributed by atoms with E-state index in [9.17, 15) is 4.39 Å². The SMILES string of the molecule is N#CC#Cc1ccc(F)c(CC#N)c1. The molecule has 0 saturated heterocycles. The highest BCUT2D eigenvalue weighted by molar-refractivity contribution is 5.40. The molecule has 1 aromatic rings. The fourth-order valence-corrected chi connectivity index (χ4v) is 0.973. The summed E-state index contributed by atoms with van der Waals surface area (Å²) in [4.78, 5) is 0. The number of nitrogens with zero attached hydrogens (tertiary/aromatic N) is 2. The minimum absolute atomic E-state index is 0.00784. The lowest BCUT2D eigenvalue weighted by molar-refractivity contribution is 0.615. The first kappa shape index (κ1) is 9.78. The maximum absolute atomic E-state index is 13.0. The molecule has 14 heavy (non-hydrogen) atoms. The van der Waals surface area contributed by atoms with Crippen molar-refractivity contribution in [2.45, 2.75) is 6.42 Å². The van der Waals surface area contributed by atoms with Crippen LogP contribution in [-0.4, -0.2) is 0 Å². The van der Waals surface area contributed by atoms with E-state index in [0.717, 1.165) is 0 Å². The number of halogens is 1. The Balaban J connectivity index is 3.09. The standard InChI is InChI=1S/C11H5FN2/c12-11-4-3-9(2-1-6-13)8-10(11)5-7-14/h3-4,8H,5H2. The summed E-state index contributed by atoms with van der Waals surface area (Å²) < 4.78 is 13.0. The van der Waals surface area contributed by atoms with Crippen molar-refractivity contribution in [1.82, 2.24) is 0 Å². The van der Waals surface area contributed by atoms with Crippen molar-refractivity contribution in [2.75, 3.05) is 0 Å². The van der Waals surface area contributed by atoms with Crippen molar-refractivity contribution in [3.8, 4) is 24.0 Å². The van der Waals surface area contributed by atoms with Crippen LogP contribution in [0.1, 0.15) is 11.1 Å². The lowest BCUT2D eigenvalue weighted by atomic mass is 10.1. The third-order valence-electron chi connectivity index (χ3n) is 1.58. The topological polar surface area (TPSA) is 47.6 Å². The average molecular weight is 184 g/mol. The molecule has 0 aromatic heterocycles. The Labute approximate surface area is 81.2 Å². The van der Waals surface area contributed by atoms with Gasteiger partial charge < -0.3 is 0 Å². The second-order valence-electron chi connectivity index (χ2n) is 2.50. The third-order valence-corrected chi connectivity index (χ3v) is 1.58. The Morgan fingerprint density at radius 2 is 2.07 bits per heavy atom. The number of benzene rings is 1. The van der Waals surface area contributed by atoms with Gasteiger partial charge in [0.05, 0.1) is 12.5 Å².